The van der Waals surface area contributed by atoms with Crippen LogP contribution in [0.5, 0.6) is 23.0 Å². The van der Waals surface area contributed by atoms with Gasteiger partial charge in [-0.25, -0.2) is 0 Å². The number of hydroxylamine groups is 6. The van der Waals surface area contributed by atoms with Gasteiger partial charge in [0.1, 0.15) is 37.5 Å². The van der Waals surface area contributed by atoms with Gasteiger partial charge in [-0.05, 0) is 91.8 Å². The highest BCUT2D eigenvalue weighted by Crippen LogP contribution is 2.40. The molecule has 5 rings (SSSR count). The summed E-state index contributed by atoms with van der Waals surface area (Å²) in [7, 11) is 0. The van der Waals surface area contributed by atoms with E-state index < -0.39 is 22.2 Å². The molecule has 0 aliphatic carbocycles. The largest absolute Gasteiger partial charge is 0.714 e. The number of rotatable bonds is 2. The molecule has 262 valence electrons. The summed E-state index contributed by atoms with van der Waals surface area (Å²) in [5.41, 5.74) is -3.02. The molecule has 0 N–H and O–H groups in total. The molecule has 14 heteroatoms. The molecule has 0 amide bonds. The van der Waals surface area contributed by atoms with E-state index in [0.717, 1.165) is 19.6 Å². The van der Waals surface area contributed by atoms with Gasteiger partial charge < -0.3 is 38.8 Å². The third-order valence-corrected chi connectivity index (χ3v) is 10.1. The summed E-state index contributed by atoms with van der Waals surface area (Å²) < 4.78 is 36.9. The first-order chi connectivity index (χ1) is 22.5. The Bertz CT molecular complexity index is 1460. The van der Waals surface area contributed by atoms with Gasteiger partial charge in [0.2, 0.25) is 0 Å². The Morgan fingerprint density at radius 1 is 0.521 bits per heavy atom. The van der Waals surface area contributed by atoms with E-state index in [1.807, 2.05) is 0 Å². The van der Waals surface area contributed by atoms with Crippen LogP contribution in [0.25, 0.3) is 0 Å². The molecule has 3 heterocycles. The zero-order chi connectivity index (χ0) is 35.1. The number of benzene rings is 2. The predicted octanol–water partition coefficient (Wildman–Crippen LogP) is 3.90. The molecule has 48 heavy (non-hydrogen) atoms. The van der Waals surface area contributed by atoms with Crippen molar-refractivity contribution in [2.75, 3.05) is 52.9 Å². The highest BCUT2D eigenvalue weighted by atomic mass is 16.6. The van der Waals surface area contributed by atoms with E-state index >= 15 is 0 Å². The molecular formula is C34H46N4O10. The number of nitrogens with zero attached hydrogens (tertiary/aromatic N) is 4. The Labute approximate surface area is 281 Å². The minimum atomic E-state index is -0.960. The van der Waals surface area contributed by atoms with Crippen LogP contribution >= 0.6 is 0 Å². The van der Waals surface area contributed by atoms with Crippen molar-refractivity contribution in [2.45, 2.75) is 77.5 Å². The van der Waals surface area contributed by atoms with Crippen LogP contribution in [0.4, 0.5) is 0 Å². The van der Waals surface area contributed by atoms with Crippen molar-refractivity contribution in [3.05, 3.63) is 57.9 Å². The second-order valence-electron chi connectivity index (χ2n) is 14.0. The molecule has 0 bridgehead atoms. The van der Waals surface area contributed by atoms with Crippen molar-refractivity contribution in [3.8, 4) is 23.0 Å². The SMILES string of the molecule is CC1(C)N([O])C(c2ccc3c(c2)OCCOCCOc2cc(C4=[N+]([O-])C(C)(C)C(C)(C)N4[O])ccc2OCCOCCO3)=[N+]([O-])C1(C)C. The summed E-state index contributed by atoms with van der Waals surface area (Å²) in [6.07, 6.45) is 0. The van der Waals surface area contributed by atoms with Crippen LogP contribution in [0, 0.1) is 10.4 Å². The van der Waals surface area contributed by atoms with Crippen molar-refractivity contribution < 1.29 is 48.3 Å². The summed E-state index contributed by atoms with van der Waals surface area (Å²) in [5.74, 6) is 1.57. The van der Waals surface area contributed by atoms with Gasteiger partial charge in [-0.15, -0.1) is 0 Å². The summed E-state index contributed by atoms with van der Waals surface area (Å²) in [4.78, 5) is 0. The van der Waals surface area contributed by atoms with E-state index in [0.29, 0.717) is 34.1 Å². The minimum absolute atomic E-state index is 0.000650. The van der Waals surface area contributed by atoms with Crippen molar-refractivity contribution in [2.24, 2.45) is 0 Å². The van der Waals surface area contributed by atoms with Crippen molar-refractivity contribution in [3.63, 3.8) is 0 Å². The van der Waals surface area contributed by atoms with Gasteiger partial charge in [-0.1, -0.05) is 10.1 Å². The van der Waals surface area contributed by atoms with Gasteiger partial charge in [-0.2, -0.15) is 0 Å². The molecule has 0 saturated heterocycles. The quantitative estimate of drug-likeness (QED) is 0.340. The van der Waals surface area contributed by atoms with Crippen molar-refractivity contribution >= 4 is 11.7 Å². The predicted molar refractivity (Wildman–Crippen MR) is 173 cm³/mol. The normalized spacial score (nSPS) is 22.8. The fraction of sp³-hybridized carbons (Fsp3) is 0.588. The van der Waals surface area contributed by atoms with Gasteiger partial charge in [0.25, 0.3) is 0 Å². The lowest BCUT2D eigenvalue weighted by atomic mass is 9.84. The zero-order valence-corrected chi connectivity index (χ0v) is 29.0. The lowest BCUT2D eigenvalue weighted by Gasteiger charge is -2.32. The van der Waals surface area contributed by atoms with E-state index in [1.54, 1.807) is 91.8 Å². The first-order valence-electron chi connectivity index (χ1n) is 16.1. The van der Waals surface area contributed by atoms with E-state index in [4.69, 9.17) is 28.4 Å². The van der Waals surface area contributed by atoms with Crippen LogP contribution in [0.3, 0.4) is 0 Å². The fourth-order valence-corrected chi connectivity index (χ4v) is 5.49. The standard InChI is InChI=1S/C34H46N4O10/c1-31(2)32(3,4)36(40)29(35(31)39)23-9-11-25-27(21-23)47-19-15-44-16-20-48-28-22-24(10-12-26(28)46-18-14-43-13-17-45-25)30-37(41)33(5,6)34(7,8)38(30)42/h9-12,21-22H,13-20H2,1-8H3. The summed E-state index contributed by atoms with van der Waals surface area (Å²) >= 11 is 0. The molecular weight excluding hydrogens is 624 g/mol. The van der Waals surface area contributed by atoms with E-state index in [9.17, 15) is 20.8 Å². The molecule has 0 spiro atoms. The van der Waals surface area contributed by atoms with Gasteiger partial charge in [0, 0.05) is 10.4 Å². The molecule has 0 fully saturated rings. The average molecular weight is 671 g/mol. The molecule has 3 aliphatic heterocycles. The highest BCUT2D eigenvalue weighted by molar-refractivity contribution is 5.97. The number of hydrogen-bond acceptors (Lipinski definition) is 10. The topological polar surface area (TPSA) is 154 Å². The van der Waals surface area contributed by atoms with Crippen LogP contribution in [0.15, 0.2) is 36.4 Å². The summed E-state index contributed by atoms with van der Waals surface area (Å²) in [6.45, 7) is 15.6. The van der Waals surface area contributed by atoms with Crippen LogP contribution < -0.4 is 18.9 Å². The average Bonchev–Trinajstić information content (AvgIpc) is 3.23. The monoisotopic (exact) mass is 670 g/mol. The number of ether oxygens (including phenoxy) is 6. The molecule has 2 aromatic rings. The van der Waals surface area contributed by atoms with E-state index in [2.05, 4.69) is 0 Å². The molecule has 0 saturated carbocycles. The third kappa shape index (κ3) is 6.06. The van der Waals surface area contributed by atoms with Crippen LogP contribution in [0.1, 0.15) is 66.5 Å². The van der Waals surface area contributed by atoms with Gasteiger partial charge >= 0.3 is 11.7 Å². The van der Waals surface area contributed by atoms with Crippen LogP contribution in [-0.2, 0) is 19.9 Å². The van der Waals surface area contributed by atoms with E-state index in [-0.39, 0.29) is 64.5 Å². The molecule has 0 atom stereocenters. The van der Waals surface area contributed by atoms with Crippen LogP contribution in [-0.4, -0.2) is 106 Å². The number of amidine groups is 2. The number of hydrogen-bond donors (Lipinski definition) is 0. The maximum atomic E-state index is 13.2. The van der Waals surface area contributed by atoms with Crippen molar-refractivity contribution in [1.82, 2.24) is 10.1 Å². The molecule has 0 unspecified atom stereocenters. The summed E-state index contributed by atoms with van der Waals surface area (Å²) in [6, 6.07) is 9.92. The second kappa shape index (κ2) is 13.1. The first-order valence-corrected chi connectivity index (χ1v) is 16.1. The molecule has 0 aromatic heterocycles. The summed E-state index contributed by atoms with van der Waals surface area (Å²) in [5, 5.41) is 54.4. The number of fused-ring (bicyclic) bond motifs is 2. The van der Waals surface area contributed by atoms with Gasteiger partial charge in [0.15, 0.2) is 34.1 Å². The van der Waals surface area contributed by atoms with Crippen molar-refractivity contribution in [1.29, 1.82) is 0 Å². The smallest absolute Gasteiger partial charge is 0.316 e. The second-order valence-corrected chi connectivity index (χ2v) is 14.0. The highest BCUT2D eigenvalue weighted by Gasteiger charge is 2.61. The van der Waals surface area contributed by atoms with Gasteiger partial charge in [0.05, 0.1) is 37.6 Å². The minimum Gasteiger partial charge on any atom is -0.714 e. The third-order valence-electron chi connectivity index (χ3n) is 10.1. The van der Waals surface area contributed by atoms with E-state index in [1.165, 1.54) is 0 Å². The lowest BCUT2D eigenvalue weighted by molar-refractivity contribution is -0.539. The fourth-order valence-electron chi connectivity index (χ4n) is 5.49. The van der Waals surface area contributed by atoms with Crippen LogP contribution in [0.2, 0.25) is 0 Å². The first kappa shape index (κ1) is 35.3. The maximum absolute atomic E-state index is 13.2. The Kier molecular flexibility index (Phi) is 9.67. The van der Waals surface area contributed by atoms with Gasteiger partial charge in [-0.3, -0.25) is 9.48 Å². The lowest BCUT2D eigenvalue weighted by Crippen LogP contribution is -2.53. The Balaban J connectivity index is 1.30. The Hall–Kier alpha value is -3.98. The Morgan fingerprint density at radius 3 is 1.12 bits per heavy atom. The molecule has 2 aromatic carbocycles. The molecule has 2 radical (unpaired) electrons. The molecule has 14 nitrogen and oxygen atoms in total. The molecule has 3 aliphatic rings. The Morgan fingerprint density at radius 2 is 0.833 bits per heavy atom. The zero-order valence-electron chi connectivity index (χ0n) is 29.0. The maximum Gasteiger partial charge on any atom is 0.316 e.